The van der Waals surface area contributed by atoms with Crippen LogP contribution in [0.3, 0.4) is 0 Å². The summed E-state index contributed by atoms with van der Waals surface area (Å²) in [5, 5.41) is 16.9. The predicted octanol–water partition coefficient (Wildman–Crippen LogP) is 2.07. The highest BCUT2D eigenvalue weighted by Gasteiger charge is 2.13. The molecule has 0 spiro atoms. The molecule has 0 saturated heterocycles. The minimum absolute atomic E-state index is 0.188. The van der Waals surface area contributed by atoms with Crippen molar-refractivity contribution in [3.63, 3.8) is 0 Å². The average molecular weight is 274 g/mol. The Kier molecular flexibility index (Phi) is 6.15. The Morgan fingerprint density at radius 2 is 2.22 bits per heavy atom. The van der Waals surface area contributed by atoms with Crippen LogP contribution >= 0.6 is 11.6 Å². The minimum Gasteiger partial charge on any atom is -0.481 e. The predicted molar refractivity (Wildman–Crippen MR) is 70.9 cm³/mol. The molecule has 18 heavy (non-hydrogen) atoms. The monoisotopic (exact) mass is 273 g/mol. The maximum atomic E-state index is 10.4. The maximum absolute atomic E-state index is 10.4. The minimum atomic E-state index is -0.762. The number of aryl methyl sites for hydroxylation is 2. The van der Waals surface area contributed by atoms with E-state index in [1.165, 1.54) is 0 Å². The molecule has 0 radical (unpaired) electrons. The van der Waals surface area contributed by atoms with E-state index >= 15 is 0 Å². The first-order chi connectivity index (χ1) is 8.60. The Bertz CT molecular complexity index is 404. The molecule has 5 nitrogen and oxygen atoms in total. The summed E-state index contributed by atoms with van der Waals surface area (Å²) in [6.07, 6.45) is 1.62. The van der Waals surface area contributed by atoms with Gasteiger partial charge in [-0.1, -0.05) is 18.5 Å². The molecule has 102 valence electrons. The number of hydrogen-bond acceptors (Lipinski definition) is 3. The van der Waals surface area contributed by atoms with Crippen LogP contribution in [0.25, 0.3) is 0 Å². The number of aliphatic carboxylic acids is 1. The van der Waals surface area contributed by atoms with Crippen molar-refractivity contribution in [1.29, 1.82) is 0 Å². The quantitative estimate of drug-likeness (QED) is 0.712. The number of carbonyl (C=O) groups is 1. The van der Waals surface area contributed by atoms with Crippen molar-refractivity contribution >= 4 is 17.6 Å². The van der Waals surface area contributed by atoms with Crippen molar-refractivity contribution in [1.82, 2.24) is 15.1 Å². The van der Waals surface area contributed by atoms with Crippen LogP contribution in [-0.4, -0.2) is 27.4 Å². The van der Waals surface area contributed by atoms with E-state index in [0.717, 1.165) is 29.4 Å². The molecule has 2 N–H and O–H groups in total. The second-order valence-electron chi connectivity index (χ2n) is 4.05. The number of aromatic nitrogens is 2. The largest absolute Gasteiger partial charge is 0.481 e. The van der Waals surface area contributed by atoms with E-state index in [0.29, 0.717) is 19.5 Å². The van der Waals surface area contributed by atoms with Crippen LogP contribution in [-0.2, 0) is 24.3 Å². The lowest BCUT2D eigenvalue weighted by Gasteiger charge is -2.06. The van der Waals surface area contributed by atoms with Gasteiger partial charge in [-0.2, -0.15) is 5.10 Å². The van der Waals surface area contributed by atoms with Crippen molar-refractivity contribution in [3.05, 3.63) is 16.4 Å². The van der Waals surface area contributed by atoms with Crippen LogP contribution in [0.5, 0.6) is 0 Å². The third kappa shape index (κ3) is 3.99. The molecule has 6 heteroatoms. The summed E-state index contributed by atoms with van der Waals surface area (Å²) >= 11 is 6.25. The summed E-state index contributed by atoms with van der Waals surface area (Å²) in [5.74, 6) is -0.762. The fourth-order valence-electron chi connectivity index (χ4n) is 1.76. The third-order valence-electron chi connectivity index (χ3n) is 2.73. The van der Waals surface area contributed by atoms with Crippen molar-refractivity contribution in [2.24, 2.45) is 0 Å². The average Bonchev–Trinajstić information content (AvgIpc) is 2.65. The van der Waals surface area contributed by atoms with Gasteiger partial charge in [0, 0.05) is 19.5 Å². The standard InChI is InChI=1S/C12H20ClN3O2/c1-3-9-12(13)10(16(4-2)15-9)8-14-7-5-6-11(17)18/h14H,3-8H2,1-2H3,(H,17,18). The Hall–Kier alpha value is -1.07. The molecule has 0 unspecified atom stereocenters. The lowest BCUT2D eigenvalue weighted by atomic mass is 10.3. The molecule has 1 heterocycles. The lowest BCUT2D eigenvalue weighted by molar-refractivity contribution is -0.137. The van der Waals surface area contributed by atoms with Gasteiger partial charge in [-0.25, -0.2) is 0 Å². The molecule has 0 saturated carbocycles. The van der Waals surface area contributed by atoms with Crippen molar-refractivity contribution in [2.45, 2.75) is 46.2 Å². The first-order valence-electron chi connectivity index (χ1n) is 6.26. The Morgan fingerprint density at radius 1 is 1.50 bits per heavy atom. The SMILES string of the molecule is CCc1nn(CC)c(CNCCCC(=O)O)c1Cl. The topological polar surface area (TPSA) is 67.2 Å². The van der Waals surface area contributed by atoms with Crippen LogP contribution in [0.2, 0.25) is 5.02 Å². The molecule has 1 aromatic heterocycles. The highest BCUT2D eigenvalue weighted by molar-refractivity contribution is 6.31. The van der Waals surface area contributed by atoms with E-state index in [9.17, 15) is 4.79 Å². The molecule has 1 rings (SSSR count). The summed E-state index contributed by atoms with van der Waals surface area (Å²) in [6.45, 7) is 6.12. The fourth-order valence-corrected chi connectivity index (χ4v) is 2.09. The summed E-state index contributed by atoms with van der Waals surface area (Å²) in [4.78, 5) is 10.4. The maximum Gasteiger partial charge on any atom is 0.303 e. The summed E-state index contributed by atoms with van der Waals surface area (Å²) in [7, 11) is 0. The van der Waals surface area contributed by atoms with Gasteiger partial charge in [0.05, 0.1) is 16.4 Å². The molecule has 0 aliphatic heterocycles. The zero-order valence-corrected chi connectivity index (χ0v) is 11.6. The molecule has 0 amide bonds. The number of carboxylic acid groups (broad SMARTS) is 1. The van der Waals surface area contributed by atoms with Crippen LogP contribution < -0.4 is 5.32 Å². The number of nitrogens with one attached hydrogen (secondary N) is 1. The van der Waals surface area contributed by atoms with E-state index in [4.69, 9.17) is 16.7 Å². The number of hydrogen-bond donors (Lipinski definition) is 2. The van der Waals surface area contributed by atoms with E-state index in [2.05, 4.69) is 10.4 Å². The van der Waals surface area contributed by atoms with Crippen LogP contribution in [0, 0.1) is 0 Å². The van der Waals surface area contributed by atoms with E-state index in [-0.39, 0.29) is 6.42 Å². The van der Waals surface area contributed by atoms with Gasteiger partial charge in [0.2, 0.25) is 0 Å². The van der Waals surface area contributed by atoms with Gasteiger partial charge in [0.25, 0.3) is 0 Å². The van der Waals surface area contributed by atoms with Gasteiger partial charge in [-0.05, 0) is 26.3 Å². The molecule has 0 aromatic carbocycles. The van der Waals surface area contributed by atoms with Crippen LogP contribution in [0.1, 0.15) is 38.1 Å². The Morgan fingerprint density at radius 3 is 2.78 bits per heavy atom. The van der Waals surface area contributed by atoms with E-state index < -0.39 is 5.97 Å². The van der Waals surface area contributed by atoms with Crippen molar-refractivity contribution in [2.75, 3.05) is 6.54 Å². The molecule has 0 aliphatic carbocycles. The zero-order valence-electron chi connectivity index (χ0n) is 10.9. The summed E-state index contributed by atoms with van der Waals surface area (Å²) < 4.78 is 1.89. The summed E-state index contributed by atoms with van der Waals surface area (Å²) in [5.41, 5.74) is 1.90. The number of halogens is 1. The molecule has 1 aromatic rings. The highest BCUT2D eigenvalue weighted by Crippen LogP contribution is 2.21. The summed E-state index contributed by atoms with van der Waals surface area (Å²) in [6, 6.07) is 0. The van der Waals surface area contributed by atoms with Gasteiger partial charge in [-0.15, -0.1) is 0 Å². The number of rotatable bonds is 8. The molecular formula is C12H20ClN3O2. The second kappa shape index (κ2) is 7.38. The fraction of sp³-hybridized carbons (Fsp3) is 0.667. The van der Waals surface area contributed by atoms with Gasteiger partial charge in [0.15, 0.2) is 0 Å². The number of nitrogens with zero attached hydrogens (tertiary/aromatic N) is 2. The molecule has 0 aliphatic rings. The second-order valence-corrected chi connectivity index (χ2v) is 4.43. The Balaban J connectivity index is 2.50. The van der Waals surface area contributed by atoms with E-state index in [1.54, 1.807) is 0 Å². The van der Waals surface area contributed by atoms with Gasteiger partial charge < -0.3 is 10.4 Å². The van der Waals surface area contributed by atoms with Gasteiger partial charge in [-0.3, -0.25) is 9.48 Å². The lowest BCUT2D eigenvalue weighted by Crippen LogP contribution is -2.18. The smallest absolute Gasteiger partial charge is 0.303 e. The molecule has 0 atom stereocenters. The Labute approximate surface area is 112 Å². The zero-order chi connectivity index (χ0) is 13.5. The van der Waals surface area contributed by atoms with Gasteiger partial charge in [0.1, 0.15) is 0 Å². The van der Waals surface area contributed by atoms with Crippen LogP contribution in [0.15, 0.2) is 0 Å². The molecule has 0 bridgehead atoms. The van der Waals surface area contributed by atoms with Gasteiger partial charge >= 0.3 is 5.97 Å². The van der Waals surface area contributed by atoms with Crippen molar-refractivity contribution in [3.8, 4) is 0 Å². The third-order valence-corrected chi connectivity index (χ3v) is 3.17. The molecule has 0 fully saturated rings. The first-order valence-corrected chi connectivity index (χ1v) is 6.64. The van der Waals surface area contributed by atoms with E-state index in [1.807, 2.05) is 18.5 Å². The normalized spacial score (nSPS) is 10.8. The number of carboxylic acids is 1. The molecular weight excluding hydrogens is 254 g/mol. The highest BCUT2D eigenvalue weighted by atomic mass is 35.5. The van der Waals surface area contributed by atoms with Crippen molar-refractivity contribution < 1.29 is 9.90 Å². The van der Waals surface area contributed by atoms with Crippen LogP contribution in [0.4, 0.5) is 0 Å². The first kappa shape index (κ1) is 15.0.